The molecule has 4 rings (SSSR count). The van der Waals surface area contributed by atoms with Crippen molar-refractivity contribution in [3.63, 3.8) is 0 Å². The SMILES string of the molecule is CC1CCCC(CN)N1C(=O)C1C2C3CCC(C3)C12. The van der Waals surface area contributed by atoms with Gasteiger partial charge in [0, 0.05) is 24.5 Å². The molecule has 19 heavy (non-hydrogen) atoms. The number of nitrogens with two attached hydrogens (primary N) is 1. The van der Waals surface area contributed by atoms with Crippen LogP contribution in [0, 0.1) is 29.6 Å². The van der Waals surface area contributed by atoms with E-state index in [0.29, 0.717) is 30.5 Å². The second kappa shape index (κ2) is 4.21. The Hall–Kier alpha value is -0.570. The highest BCUT2D eigenvalue weighted by Crippen LogP contribution is 2.69. The fourth-order valence-electron chi connectivity index (χ4n) is 5.74. The number of hydrogen-bond acceptors (Lipinski definition) is 2. The first kappa shape index (κ1) is 12.2. The van der Waals surface area contributed by atoms with Crippen molar-refractivity contribution in [2.45, 2.75) is 57.5 Å². The van der Waals surface area contributed by atoms with Gasteiger partial charge in [0.15, 0.2) is 0 Å². The zero-order chi connectivity index (χ0) is 13.1. The molecule has 0 radical (unpaired) electrons. The molecule has 3 nitrogen and oxygen atoms in total. The van der Waals surface area contributed by atoms with Gasteiger partial charge in [0.1, 0.15) is 0 Å². The Balaban J connectivity index is 1.51. The molecule has 1 amide bonds. The molecule has 3 heteroatoms. The van der Waals surface area contributed by atoms with Gasteiger partial charge in [-0.2, -0.15) is 0 Å². The lowest BCUT2D eigenvalue weighted by molar-refractivity contribution is -0.140. The fraction of sp³-hybridized carbons (Fsp3) is 0.938. The van der Waals surface area contributed by atoms with E-state index in [1.807, 2.05) is 0 Å². The molecule has 6 atom stereocenters. The standard InChI is InChI=1S/C16H26N2O/c1-9-3-2-4-12(8-17)18(9)16(19)15-13-10-5-6-11(7-10)14(13)15/h9-15H,2-8,17H2,1H3. The summed E-state index contributed by atoms with van der Waals surface area (Å²) in [6.45, 7) is 2.86. The Morgan fingerprint density at radius 3 is 2.47 bits per heavy atom. The molecule has 0 aromatic rings. The van der Waals surface area contributed by atoms with Gasteiger partial charge in [-0.05, 0) is 69.1 Å². The van der Waals surface area contributed by atoms with Gasteiger partial charge >= 0.3 is 0 Å². The van der Waals surface area contributed by atoms with Gasteiger partial charge in [0.2, 0.25) is 5.91 Å². The topological polar surface area (TPSA) is 46.3 Å². The second-order valence-electron chi connectivity index (χ2n) is 7.43. The molecular weight excluding hydrogens is 236 g/mol. The van der Waals surface area contributed by atoms with Crippen molar-refractivity contribution in [1.82, 2.24) is 4.90 Å². The van der Waals surface area contributed by atoms with Crippen LogP contribution in [-0.4, -0.2) is 29.4 Å². The number of carbonyl (C=O) groups excluding carboxylic acids is 1. The summed E-state index contributed by atoms with van der Waals surface area (Å²) in [5, 5.41) is 0. The van der Waals surface area contributed by atoms with E-state index in [4.69, 9.17) is 5.73 Å². The van der Waals surface area contributed by atoms with Crippen molar-refractivity contribution in [2.24, 2.45) is 35.3 Å². The van der Waals surface area contributed by atoms with Crippen molar-refractivity contribution in [1.29, 1.82) is 0 Å². The predicted molar refractivity (Wildman–Crippen MR) is 74.3 cm³/mol. The Labute approximate surface area is 115 Å². The number of hydrogen-bond donors (Lipinski definition) is 1. The van der Waals surface area contributed by atoms with Crippen LogP contribution < -0.4 is 5.73 Å². The van der Waals surface area contributed by atoms with Gasteiger partial charge in [0.05, 0.1) is 0 Å². The molecule has 4 fully saturated rings. The number of rotatable bonds is 2. The van der Waals surface area contributed by atoms with Crippen LogP contribution in [-0.2, 0) is 4.79 Å². The maximum Gasteiger partial charge on any atom is 0.226 e. The number of piperidine rings is 1. The summed E-state index contributed by atoms with van der Waals surface area (Å²) in [4.78, 5) is 15.1. The van der Waals surface area contributed by atoms with E-state index in [9.17, 15) is 4.79 Å². The number of amides is 1. The summed E-state index contributed by atoms with van der Waals surface area (Å²) in [5.41, 5.74) is 5.90. The van der Waals surface area contributed by atoms with E-state index in [0.717, 1.165) is 36.5 Å². The zero-order valence-electron chi connectivity index (χ0n) is 11.9. The Kier molecular flexibility index (Phi) is 2.70. The van der Waals surface area contributed by atoms with E-state index in [1.165, 1.54) is 25.7 Å². The first-order chi connectivity index (χ1) is 9.22. The summed E-state index contributed by atoms with van der Waals surface area (Å²) in [7, 11) is 0. The van der Waals surface area contributed by atoms with Crippen molar-refractivity contribution in [3.8, 4) is 0 Å². The third-order valence-electron chi connectivity index (χ3n) is 6.57. The number of carbonyl (C=O) groups is 1. The Morgan fingerprint density at radius 2 is 1.84 bits per heavy atom. The Morgan fingerprint density at radius 1 is 1.16 bits per heavy atom. The fourth-order valence-corrected chi connectivity index (χ4v) is 5.74. The monoisotopic (exact) mass is 262 g/mol. The largest absolute Gasteiger partial charge is 0.335 e. The molecule has 1 heterocycles. The van der Waals surface area contributed by atoms with Crippen molar-refractivity contribution in [2.75, 3.05) is 6.54 Å². The molecule has 1 saturated heterocycles. The minimum absolute atomic E-state index is 0.315. The molecule has 6 unspecified atom stereocenters. The van der Waals surface area contributed by atoms with Gasteiger partial charge in [-0.1, -0.05) is 0 Å². The summed E-state index contributed by atoms with van der Waals surface area (Å²) >= 11 is 0. The summed E-state index contributed by atoms with van der Waals surface area (Å²) in [5.74, 6) is 4.16. The van der Waals surface area contributed by atoms with Gasteiger partial charge < -0.3 is 10.6 Å². The van der Waals surface area contributed by atoms with Gasteiger partial charge in [-0.3, -0.25) is 4.79 Å². The molecule has 106 valence electrons. The minimum Gasteiger partial charge on any atom is -0.335 e. The van der Waals surface area contributed by atoms with Crippen LogP contribution in [0.1, 0.15) is 45.4 Å². The van der Waals surface area contributed by atoms with Crippen LogP contribution in [0.15, 0.2) is 0 Å². The van der Waals surface area contributed by atoms with Gasteiger partial charge in [-0.25, -0.2) is 0 Å². The quantitative estimate of drug-likeness (QED) is 0.827. The number of fused-ring (bicyclic) bond motifs is 5. The van der Waals surface area contributed by atoms with Crippen molar-refractivity contribution in [3.05, 3.63) is 0 Å². The third kappa shape index (κ3) is 1.63. The molecule has 3 aliphatic carbocycles. The molecule has 3 saturated carbocycles. The van der Waals surface area contributed by atoms with E-state index < -0.39 is 0 Å². The van der Waals surface area contributed by atoms with Gasteiger partial charge in [-0.15, -0.1) is 0 Å². The predicted octanol–water partition coefficient (Wildman–Crippen LogP) is 2.01. The summed E-state index contributed by atoms with van der Waals surface area (Å²) in [6.07, 6.45) is 7.72. The molecule has 0 aromatic carbocycles. The van der Waals surface area contributed by atoms with Crippen LogP contribution >= 0.6 is 0 Å². The van der Waals surface area contributed by atoms with E-state index >= 15 is 0 Å². The van der Waals surface area contributed by atoms with Crippen LogP contribution in [0.3, 0.4) is 0 Å². The molecule has 4 aliphatic rings. The number of likely N-dealkylation sites (tertiary alicyclic amines) is 1. The summed E-state index contributed by atoms with van der Waals surface area (Å²) in [6, 6.07) is 0.726. The molecule has 0 spiro atoms. The van der Waals surface area contributed by atoms with Crippen molar-refractivity contribution >= 4 is 5.91 Å². The normalized spacial score (nSPS) is 51.3. The maximum absolute atomic E-state index is 12.9. The van der Waals surface area contributed by atoms with Gasteiger partial charge in [0.25, 0.3) is 0 Å². The minimum atomic E-state index is 0.315. The van der Waals surface area contributed by atoms with E-state index in [1.54, 1.807) is 0 Å². The third-order valence-corrected chi connectivity index (χ3v) is 6.57. The highest BCUT2D eigenvalue weighted by atomic mass is 16.2. The van der Waals surface area contributed by atoms with Crippen LogP contribution in [0.4, 0.5) is 0 Å². The molecule has 2 bridgehead atoms. The lowest BCUT2D eigenvalue weighted by Gasteiger charge is -2.41. The number of nitrogens with zero attached hydrogens (tertiary/aromatic N) is 1. The highest BCUT2D eigenvalue weighted by Gasteiger charge is 2.68. The summed E-state index contributed by atoms with van der Waals surface area (Å²) < 4.78 is 0. The van der Waals surface area contributed by atoms with Crippen LogP contribution in [0.5, 0.6) is 0 Å². The lowest BCUT2D eigenvalue weighted by Crippen LogP contribution is -2.52. The first-order valence-corrected chi connectivity index (χ1v) is 8.24. The Bertz CT molecular complexity index is 380. The molecule has 0 aromatic heterocycles. The zero-order valence-corrected chi connectivity index (χ0v) is 11.9. The van der Waals surface area contributed by atoms with E-state index in [2.05, 4.69) is 11.8 Å². The van der Waals surface area contributed by atoms with E-state index in [-0.39, 0.29) is 0 Å². The van der Waals surface area contributed by atoms with Crippen LogP contribution in [0.25, 0.3) is 0 Å². The molecule has 1 aliphatic heterocycles. The van der Waals surface area contributed by atoms with Crippen LogP contribution in [0.2, 0.25) is 0 Å². The highest BCUT2D eigenvalue weighted by molar-refractivity contribution is 5.83. The first-order valence-electron chi connectivity index (χ1n) is 8.24. The average molecular weight is 262 g/mol. The maximum atomic E-state index is 12.9. The average Bonchev–Trinajstić information content (AvgIpc) is 2.86. The van der Waals surface area contributed by atoms with Crippen molar-refractivity contribution < 1.29 is 4.79 Å². The smallest absolute Gasteiger partial charge is 0.226 e. The lowest BCUT2D eigenvalue weighted by atomic mass is 9.94. The second-order valence-corrected chi connectivity index (χ2v) is 7.43. The molecule has 2 N–H and O–H groups in total. The molecular formula is C16H26N2O.